The molecule has 0 radical (unpaired) electrons. The molecule has 0 bridgehead atoms. The monoisotopic (exact) mass is 174 g/mol. The summed E-state index contributed by atoms with van der Waals surface area (Å²) >= 11 is 0. The zero-order chi connectivity index (χ0) is 9.56. The van der Waals surface area contributed by atoms with Crippen LogP contribution in [0.25, 0.3) is 0 Å². The number of allylic oxidation sites excluding steroid dienone is 1. The van der Waals surface area contributed by atoms with Gasteiger partial charge in [0.05, 0.1) is 12.2 Å². The van der Waals surface area contributed by atoms with Gasteiger partial charge in [-0.25, -0.2) is 4.79 Å². The first kappa shape index (κ1) is 11.0. The van der Waals surface area contributed by atoms with Crippen molar-refractivity contribution in [2.75, 3.05) is 6.61 Å². The summed E-state index contributed by atoms with van der Waals surface area (Å²) in [5.41, 5.74) is 0.307. The maximum Gasteiger partial charge on any atom is 0.371 e. The predicted octanol–water partition coefficient (Wildman–Crippen LogP) is 1.72. The van der Waals surface area contributed by atoms with Crippen molar-refractivity contribution in [1.82, 2.24) is 0 Å². The number of carbonyl (C=O) groups excluding carboxylic acids is 1. The van der Waals surface area contributed by atoms with E-state index >= 15 is 0 Å². The molecular formula is C8H14O4. The molecule has 0 fully saturated rings. The Morgan fingerprint density at radius 1 is 1.42 bits per heavy atom. The van der Waals surface area contributed by atoms with Gasteiger partial charge in [0.15, 0.2) is 0 Å². The van der Waals surface area contributed by atoms with Gasteiger partial charge in [0.25, 0.3) is 0 Å². The molecule has 0 aliphatic carbocycles. The van der Waals surface area contributed by atoms with E-state index in [-0.39, 0.29) is 0 Å². The lowest BCUT2D eigenvalue weighted by molar-refractivity contribution is -0.229. The van der Waals surface area contributed by atoms with Crippen LogP contribution < -0.4 is 0 Å². The van der Waals surface area contributed by atoms with Crippen molar-refractivity contribution >= 4 is 5.97 Å². The first-order valence-corrected chi connectivity index (χ1v) is 3.85. The Bertz CT molecular complexity index is 183. The first-order chi connectivity index (χ1) is 5.67. The van der Waals surface area contributed by atoms with Gasteiger partial charge in [-0.2, -0.15) is 5.26 Å². The second-order valence-electron chi connectivity index (χ2n) is 2.21. The topological polar surface area (TPSA) is 55.8 Å². The van der Waals surface area contributed by atoms with E-state index in [0.29, 0.717) is 24.4 Å². The van der Waals surface area contributed by atoms with Crippen LogP contribution in [0.3, 0.4) is 0 Å². The molecular weight excluding hydrogens is 160 g/mol. The van der Waals surface area contributed by atoms with Crippen molar-refractivity contribution in [1.29, 1.82) is 0 Å². The molecule has 0 saturated heterocycles. The lowest BCUT2D eigenvalue weighted by Crippen LogP contribution is -2.07. The smallest absolute Gasteiger partial charge is 0.371 e. The van der Waals surface area contributed by atoms with Crippen molar-refractivity contribution in [2.45, 2.75) is 27.2 Å². The molecule has 0 spiro atoms. The lowest BCUT2D eigenvalue weighted by Gasteiger charge is -2.08. The minimum absolute atomic E-state index is 0.307. The molecule has 4 heteroatoms. The molecule has 12 heavy (non-hydrogen) atoms. The van der Waals surface area contributed by atoms with Crippen LogP contribution in [-0.4, -0.2) is 17.8 Å². The quantitative estimate of drug-likeness (QED) is 0.305. The minimum atomic E-state index is -0.764. The Kier molecular flexibility index (Phi) is 5.12. The third kappa shape index (κ3) is 2.92. The van der Waals surface area contributed by atoms with E-state index in [9.17, 15) is 4.79 Å². The molecule has 0 saturated carbocycles. The van der Waals surface area contributed by atoms with Gasteiger partial charge in [-0.3, -0.25) is 4.89 Å². The lowest BCUT2D eigenvalue weighted by atomic mass is 10.2. The van der Waals surface area contributed by atoms with Crippen LogP contribution in [-0.2, 0) is 14.4 Å². The third-order valence-corrected chi connectivity index (χ3v) is 1.45. The van der Waals surface area contributed by atoms with E-state index in [1.807, 2.05) is 13.8 Å². The molecule has 1 N–H and O–H groups in total. The van der Waals surface area contributed by atoms with Crippen LogP contribution >= 0.6 is 0 Å². The molecule has 4 nitrogen and oxygen atoms in total. The first-order valence-electron chi connectivity index (χ1n) is 3.85. The summed E-state index contributed by atoms with van der Waals surface area (Å²) in [7, 11) is 0. The molecule has 70 valence electrons. The maximum absolute atomic E-state index is 10.8. The Morgan fingerprint density at radius 2 is 2.00 bits per heavy atom. The Balaban J connectivity index is 4.47. The van der Waals surface area contributed by atoms with Crippen molar-refractivity contribution in [3.63, 3.8) is 0 Å². The summed E-state index contributed by atoms with van der Waals surface area (Å²) in [6.45, 7) is 5.73. The van der Waals surface area contributed by atoms with E-state index in [0.717, 1.165) is 0 Å². The van der Waals surface area contributed by atoms with Crippen molar-refractivity contribution < 1.29 is 19.7 Å². The van der Waals surface area contributed by atoms with Crippen molar-refractivity contribution in [3.8, 4) is 0 Å². The molecule has 0 atom stereocenters. The fourth-order valence-corrected chi connectivity index (χ4v) is 0.832. The molecule has 0 aromatic carbocycles. The van der Waals surface area contributed by atoms with E-state index in [1.54, 1.807) is 6.92 Å². The molecule has 0 unspecified atom stereocenters. The highest BCUT2D eigenvalue weighted by Crippen LogP contribution is 2.10. The fourth-order valence-electron chi connectivity index (χ4n) is 0.832. The molecule has 0 aromatic heterocycles. The summed E-state index contributed by atoms with van der Waals surface area (Å²) in [5.74, 6) is -0.211. The van der Waals surface area contributed by atoms with Gasteiger partial charge in [0.1, 0.15) is 5.76 Å². The van der Waals surface area contributed by atoms with Gasteiger partial charge < -0.3 is 4.74 Å². The van der Waals surface area contributed by atoms with Crippen LogP contribution in [0.4, 0.5) is 0 Å². The second-order valence-corrected chi connectivity index (χ2v) is 2.21. The maximum atomic E-state index is 10.8. The van der Waals surface area contributed by atoms with Gasteiger partial charge in [0.2, 0.25) is 0 Å². The summed E-state index contributed by atoms with van der Waals surface area (Å²) in [6.07, 6.45) is 0.606. The number of hydrogen-bond donors (Lipinski definition) is 1. The average molecular weight is 174 g/mol. The minimum Gasteiger partial charge on any atom is -0.498 e. The van der Waals surface area contributed by atoms with Gasteiger partial charge in [-0.05, 0) is 13.8 Å². The molecule has 0 rings (SSSR count). The van der Waals surface area contributed by atoms with Crippen molar-refractivity contribution in [3.05, 3.63) is 11.3 Å². The zero-order valence-electron chi connectivity index (χ0n) is 7.59. The summed E-state index contributed by atoms with van der Waals surface area (Å²) in [5, 5.41) is 8.08. The van der Waals surface area contributed by atoms with Crippen LogP contribution in [0.15, 0.2) is 11.3 Å². The number of rotatable bonds is 4. The summed E-state index contributed by atoms with van der Waals surface area (Å²) < 4.78 is 5.14. The fraction of sp³-hybridized carbons (Fsp3) is 0.625. The number of ether oxygens (including phenoxy) is 1. The number of carbonyl (C=O) groups is 1. The van der Waals surface area contributed by atoms with E-state index in [2.05, 4.69) is 4.89 Å². The summed E-state index contributed by atoms with van der Waals surface area (Å²) in [4.78, 5) is 14.3. The SMILES string of the molecule is CCOC(CC)=C(C)C(=O)OO. The zero-order valence-corrected chi connectivity index (χ0v) is 7.59. The van der Waals surface area contributed by atoms with E-state index in [4.69, 9.17) is 9.99 Å². The predicted molar refractivity (Wildman–Crippen MR) is 43.3 cm³/mol. The second kappa shape index (κ2) is 5.60. The Hall–Kier alpha value is -1.03. The summed E-state index contributed by atoms with van der Waals surface area (Å²) in [6, 6.07) is 0. The highest BCUT2D eigenvalue weighted by molar-refractivity contribution is 5.87. The average Bonchev–Trinajstić information content (AvgIpc) is 2.11. The standard InChI is InChI=1S/C8H14O4/c1-4-7(11-5-2)6(3)8(9)12-10/h10H,4-5H2,1-3H3. The Labute approximate surface area is 71.7 Å². The van der Waals surface area contributed by atoms with Crippen LogP contribution in [0, 0.1) is 0 Å². The molecule has 0 aliphatic heterocycles. The molecule has 0 heterocycles. The van der Waals surface area contributed by atoms with Gasteiger partial charge >= 0.3 is 5.97 Å². The third-order valence-electron chi connectivity index (χ3n) is 1.45. The van der Waals surface area contributed by atoms with E-state index in [1.165, 1.54) is 0 Å². The van der Waals surface area contributed by atoms with Crippen LogP contribution in [0.1, 0.15) is 27.2 Å². The van der Waals surface area contributed by atoms with Gasteiger partial charge in [0, 0.05) is 6.42 Å². The Morgan fingerprint density at radius 3 is 2.33 bits per heavy atom. The normalized spacial score (nSPS) is 12.0. The van der Waals surface area contributed by atoms with Gasteiger partial charge in [-0.1, -0.05) is 6.92 Å². The van der Waals surface area contributed by atoms with E-state index < -0.39 is 5.97 Å². The van der Waals surface area contributed by atoms with Crippen LogP contribution in [0.2, 0.25) is 0 Å². The number of hydrogen-bond acceptors (Lipinski definition) is 4. The molecule has 0 aromatic rings. The van der Waals surface area contributed by atoms with Gasteiger partial charge in [-0.15, -0.1) is 0 Å². The van der Waals surface area contributed by atoms with Crippen LogP contribution in [0.5, 0.6) is 0 Å². The highest BCUT2D eigenvalue weighted by Gasteiger charge is 2.11. The largest absolute Gasteiger partial charge is 0.498 e. The molecule has 0 aliphatic rings. The van der Waals surface area contributed by atoms with Crippen molar-refractivity contribution in [2.24, 2.45) is 0 Å². The highest BCUT2D eigenvalue weighted by atomic mass is 17.1. The molecule has 0 amide bonds.